The van der Waals surface area contributed by atoms with Gasteiger partial charge in [0.1, 0.15) is 12.1 Å². The molecule has 2 fully saturated rings. The number of carbonyl (C=O) groups is 4. The predicted octanol–water partition coefficient (Wildman–Crippen LogP) is 6.41. The number of benzene rings is 3. The van der Waals surface area contributed by atoms with Gasteiger partial charge in [0.15, 0.2) is 0 Å². The minimum absolute atomic E-state index is 0.0152. The molecule has 1 aliphatic carbocycles. The molecule has 2 aliphatic heterocycles. The zero-order chi connectivity index (χ0) is 32.6. The highest BCUT2D eigenvalue weighted by Crippen LogP contribution is 2.43. The van der Waals surface area contributed by atoms with Crippen molar-refractivity contribution < 1.29 is 29.0 Å². The van der Waals surface area contributed by atoms with Gasteiger partial charge in [0.2, 0.25) is 11.8 Å². The normalized spacial score (nSPS) is 19.8. The third kappa shape index (κ3) is 6.92. The molecule has 10 heteroatoms. The van der Waals surface area contributed by atoms with Gasteiger partial charge in [0, 0.05) is 29.7 Å². The summed E-state index contributed by atoms with van der Waals surface area (Å²) < 4.78 is 5.72. The van der Waals surface area contributed by atoms with Crippen molar-refractivity contribution in [1.82, 2.24) is 4.90 Å². The predicted molar refractivity (Wildman–Crippen MR) is 178 cm³/mol. The molecule has 1 unspecified atom stereocenters. The molecule has 9 nitrogen and oxygen atoms in total. The van der Waals surface area contributed by atoms with E-state index in [1.165, 1.54) is 16.7 Å². The van der Waals surface area contributed by atoms with E-state index in [0.29, 0.717) is 24.3 Å². The maximum atomic E-state index is 14.8. The third-order valence-corrected chi connectivity index (χ3v) is 9.66. The molecule has 3 aromatic carbocycles. The number of anilines is 2. The fourth-order valence-electron chi connectivity index (χ4n) is 6.35. The first-order valence-electron chi connectivity index (χ1n) is 15.7. The molecule has 2 atom stereocenters. The van der Waals surface area contributed by atoms with Crippen LogP contribution in [0, 0.1) is 5.92 Å². The summed E-state index contributed by atoms with van der Waals surface area (Å²) in [6, 6.07) is 23.9. The van der Waals surface area contributed by atoms with Crippen molar-refractivity contribution in [3.8, 4) is 11.1 Å². The number of piperidine rings is 1. The van der Waals surface area contributed by atoms with Crippen molar-refractivity contribution in [2.45, 2.75) is 62.5 Å². The molecule has 0 aromatic heterocycles. The van der Waals surface area contributed by atoms with E-state index in [1.807, 2.05) is 62.1 Å². The van der Waals surface area contributed by atoms with Gasteiger partial charge in [-0.1, -0.05) is 54.6 Å². The number of aliphatic carboxylic acids is 1. The number of fused-ring (bicyclic) bond motifs is 1. The molecule has 0 spiro atoms. The van der Waals surface area contributed by atoms with E-state index in [4.69, 9.17) is 4.74 Å². The Morgan fingerprint density at radius 1 is 0.957 bits per heavy atom. The van der Waals surface area contributed by atoms with Crippen LogP contribution in [0.3, 0.4) is 0 Å². The number of thioether (sulfide) groups is 1. The van der Waals surface area contributed by atoms with Crippen LogP contribution in [-0.2, 0) is 19.1 Å². The van der Waals surface area contributed by atoms with Crippen molar-refractivity contribution in [3.63, 3.8) is 0 Å². The molecule has 2 heterocycles. The molecule has 1 saturated carbocycles. The van der Waals surface area contributed by atoms with Crippen molar-refractivity contribution in [3.05, 3.63) is 78.4 Å². The van der Waals surface area contributed by atoms with E-state index in [1.54, 1.807) is 11.0 Å². The van der Waals surface area contributed by atoms with Crippen molar-refractivity contribution in [1.29, 1.82) is 0 Å². The van der Waals surface area contributed by atoms with Gasteiger partial charge in [-0.05, 0) is 80.8 Å². The lowest BCUT2D eigenvalue weighted by atomic mass is 9.79. The number of rotatable bonds is 7. The molecule has 1 N–H and O–H groups in total. The lowest BCUT2D eigenvalue weighted by Gasteiger charge is -2.41. The van der Waals surface area contributed by atoms with E-state index in [0.717, 1.165) is 34.4 Å². The average molecular weight is 642 g/mol. The number of nitrogens with zero attached hydrogens (tertiary/aromatic N) is 3. The monoisotopic (exact) mass is 641 g/mol. The highest BCUT2D eigenvalue weighted by Gasteiger charge is 2.44. The van der Waals surface area contributed by atoms with Crippen LogP contribution >= 0.6 is 11.8 Å². The Balaban J connectivity index is 1.37. The molecular weight excluding hydrogens is 602 g/mol. The third-order valence-electron chi connectivity index (χ3n) is 8.61. The Kier molecular flexibility index (Phi) is 8.83. The summed E-state index contributed by atoms with van der Waals surface area (Å²) >= 11 is 1.37. The Labute approximate surface area is 273 Å². The maximum Gasteiger partial charge on any atom is 0.410 e. The van der Waals surface area contributed by atoms with E-state index < -0.39 is 30.1 Å². The molecule has 3 aliphatic rings. The molecule has 0 radical (unpaired) electrons. The number of hydrogen-bond donors (Lipinski definition) is 1. The summed E-state index contributed by atoms with van der Waals surface area (Å²) in [6.45, 7) is 5.72. The summed E-state index contributed by atoms with van der Waals surface area (Å²) in [7, 11) is 0. The smallest absolute Gasteiger partial charge is 0.410 e. The number of carboxylic acid groups (broad SMARTS) is 1. The average Bonchev–Trinajstić information content (AvgIpc) is 3.87. The van der Waals surface area contributed by atoms with Gasteiger partial charge in [0.05, 0.1) is 17.4 Å². The molecule has 3 amide bonds. The van der Waals surface area contributed by atoms with Crippen LogP contribution in [0.25, 0.3) is 11.1 Å². The Morgan fingerprint density at radius 3 is 2.39 bits per heavy atom. The van der Waals surface area contributed by atoms with E-state index in [2.05, 4.69) is 30.3 Å². The van der Waals surface area contributed by atoms with Gasteiger partial charge in [-0.3, -0.25) is 19.3 Å². The van der Waals surface area contributed by atoms with Gasteiger partial charge in [-0.2, -0.15) is 0 Å². The standard InChI is InChI=1S/C36H39N3O6S/c1-36(2,3)45-35(44)37-17-16-28(25-11-7-10-24(18-25)23-8-5-4-6-9-23)29(20-37)34(43)39(26-12-13-26)27-14-15-31-30(19-27)38(21-33(41)42)32(40)22-46-31/h4-11,14-15,18-19,26,28-29H,12-13,16-17,20-22H2,1-3H3,(H,41,42)/t28-,29?/m1/s1. The van der Waals surface area contributed by atoms with Crippen LogP contribution < -0.4 is 9.80 Å². The summed E-state index contributed by atoms with van der Waals surface area (Å²) in [6.07, 6.45) is 1.83. The van der Waals surface area contributed by atoms with Crippen molar-refractivity contribution >= 4 is 47.0 Å². The quantitative estimate of drug-likeness (QED) is 0.318. The van der Waals surface area contributed by atoms with Crippen molar-refractivity contribution in [2.75, 3.05) is 35.2 Å². The maximum absolute atomic E-state index is 14.8. The van der Waals surface area contributed by atoms with Gasteiger partial charge >= 0.3 is 12.1 Å². The van der Waals surface area contributed by atoms with Crippen LogP contribution in [-0.4, -0.2) is 70.9 Å². The largest absolute Gasteiger partial charge is 0.480 e. The van der Waals surface area contributed by atoms with Crippen LogP contribution in [0.15, 0.2) is 77.7 Å². The van der Waals surface area contributed by atoms with Crippen molar-refractivity contribution in [2.24, 2.45) is 5.92 Å². The summed E-state index contributed by atoms with van der Waals surface area (Å²) in [4.78, 5) is 58.0. The second-order valence-electron chi connectivity index (χ2n) is 13.2. The van der Waals surface area contributed by atoms with E-state index in [-0.39, 0.29) is 36.1 Å². The molecule has 240 valence electrons. The molecular formula is C36H39N3O6S. The topological polar surface area (TPSA) is 107 Å². The fourth-order valence-corrected chi connectivity index (χ4v) is 7.27. The van der Waals surface area contributed by atoms with Gasteiger partial charge < -0.3 is 19.6 Å². The number of carbonyl (C=O) groups excluding carboxylic acids is 3. The van der Waals surface area contributed by atoms with E-state index >= 15 is 0 Å². The summed E-state index contributed by atoms with van der Waals surface area (Å²) in [5.41, 5.74) is 3.66. The number of likely N-dealkylation sites (tertiary alicyclic amines) is 1. The highest BCUT2D eigenvalue weighted by molar-refractivity contribution is 8.00. The van der Waals surface area contributed by atoms with Crippen LogP contribution in [0.5, 0.6) is 0 Å². The lowest BCUT2D eigenvalue weighted by molar-refractivity contribution is -0.136. The van der Waals surface area contributed by atoms with Gasteiger partial charge in [-0.15, -0.1) is 11.8 Å². The van der Waals surface area contributed by atoms with Gasteiger partial charge in [-0.25, -0.2) is 4.79 Å². The summed E-state index contributed by atoms with van der Waals surface area (Å²) in [5.74, 6) is -2.00. The number of carboxylic acids is 1. The van der Waals surface area contributed by atoms with Crippen LogP contribution in [0.2, 0.25) is 0 Å². The Hall–Kier alpha value is -4.31. The SMILES string of the molecule is CC(C)(C)OC(=O)N1CC[C@H](c2cccc(-c3ccccc3)c2)C(C(=O)N(c2ccc3c(c2)N(CC(=O)O)C(=O)CS3)C2CC2)C1. The number of hydrogen-bond acceptors (Lipinski definition) is 6. The molecule has 3 aromatic rings. The minimum atomic E-state index is -1.10. The first kappa shape index (κ1) is 31.7. The second kappa shape index (κ2) is 12.8. The van der Waals surface area contributed by atoms with Gasteiger partial charge in [0.25, 0.3) is 0 Å². The molecule has 46 heavy (non-hydrogen) atoms. The molecule has 0 bridgehead atoms. The first-order valence-corrected chi connectivity index (χ1v) is 16.7. The summed E-state index contributed by atoms with van der Waals surface area (Å²) in [5, 5.41) is 9.51. The minimum Gasteiger partial charge on any atom is -0.480 e. The molecule has 1 saturated heterocycles. The van der Waals surface area contributed by atoms with Crippen LogP contribution in [0.1, 0.15) is 51.5 Å². The van der Waals surface area contributed by atoms with Crippen LogP contribution in [0.4, 0.5) is 16.2 Å². The van der Waals surface area contributed by atoms with E-state index in [9.17, 15) is 24.3 Å². The lowest BCUT2D eigenvalue weighted by Crippen LogP contribution is -2.51. The highest BCUT2D eigenvalue weighted by atomic mass is 32.2. The number of amides is 3. The fraction of sp³-hybridized carbons (Fsp3) is 0.389. The Bertz CT molecular complexity index is 1650. The zero-order valence-corrected chi connectivity index (χ0v) is 27.2. The second-order valence-corrected chi connectivity index (χ2v) is 14.2. The number of ether oxygens (including phenoxy) is 1. The molecule has 6 rings (SSSR count). The first-order chi connectivity index (χ1) is 22.0. The Morgan fingerprint density at radius 2 is 1.70 bits per heavy atom. The zero-order valence-electron chi connectivity index (χ0n) is 26.3.